The van der Waals surface area contributed by atoms with Crippen molar-refractivity contribution in [2.45, 2.75) is 44.7 Å². The van der Waals surface area contributed by atoms with E-state index in [0.717, 1.165) is 18.4 Å². The SMILES string of the molecule is COc1ccc(CNc2nc(NCCOCCOCCN)nc(NC3CCCCC3)n2)cc1OC. The number of aromatic nitrogens is 3. The van der Waals surface area contributed by atoms with E-state index in [1.54, 1.807) is 14.2 Å². The van der Waals surface area contributed by atoms with E-state index in [0.29, 0.717) is 81.4 Å². The molecule has 1 aromatic carbocycles. The van der Waals surface area contributed by atoms with Gasteiger partial charge in [-0.15, -0.1) is 0 Å². The first-order chi connectivity index (χ1) is 17.2. The third-order valence-electron chi connectivity index (χ3n) is 5.64. The molecule has 2 aromatic rings. The summed E-state index contributed by atoms with van der Waals surface area (Å²) in [5.74, 6) is 2.93. The molecule has 11 nitrogen and oxygen atoms in total. The van der Waals surface area contributed by atoms with Gasteiger partial charge in [0.05, 0.1) is 40.6 Å². The lowest BCUT2D eigenvalue weighted by molar-refractivity contribution is 0.0547. The van der Waals surface area contributed by atoms with Gasteiger partial charge in [-0.1, -0.05) is 25.3 Å². The maximum absolute atomic E-state index is 5.58. The molecule has 1 fully saturated rings. The Bertz CT molecular complexity index is 881. The number of nitrogens with zero attached hydrogens (tertiary/aromatic N) is 3. The van der Waals surface area contributed by atoms with Crippen LogP contribution in [0.4, 0.5) is 17.8 Å². The minimum absolute atomic E-state index is 0.384. The molecule has 0 radical (unpaired) electrons. The Labute approximate surface area is 207 Å². The van der Waals surface area contributed by atoms with Gasteiger partial charge in [0.2, 0.25) is 17.8 Å². The number of hydrogen-bond acceptors (Lipinski definition) is 11. The standard InChI is InChI=1S/C24H39N7O4/c1-32-20-9-8-18(16-21(20)33-2)17-27-23-29-22(26-11-13-35-15-14-34-12-10-25)30-24(31-23)28-19-6-4-3-5-7-19/h8-9,16,19H,3-7,10-15,17,25H2,1-2H3,(H3,26,27,28,29,30,31). The molecule has 1 heterocycles. The molecule has 0 unspecified atom stereocenters. The lowest BCUT2D eigenvalue weighted by Gasteiger charge is -2.23. The maximum atomic E-state index is 5.58. The molecule has 1 aliphatic carbocycles. The number of anilines is 3. The van der Waals surface area contributed by atoms with Crippen LogP contribution in [0.5, 0.6) is 11.5 Å². The van der Waals surface area contributed by atoms with Crippen LogP contribution >= 0.6 is 0 Å². The Morgan fingerprint density at radius 3 is 2.23 bits per heavy atom. The van der Waals surface area contributed by atoms with Crippen LogP contribution in [0.3, 0.4) is 0 Å². The molecule has 3 rings (SSSR count). The van der Waals surface area contributed by atoms with Crippen LogP contribution in [-0.2, 0) is 16.0 Å². The number of methoxy groups -OCH3 is 2. The molecule has 11 heteroatoms. The van der Waals surface area contributed by atoms with Crippen molar-refractivity contribution in [1.82, 2.24) is 15.0 Å². The van der Waals surface area contributed by atoms with Crippen LogP contribution in [0.25, 0.3) is 0 Å². The number of rotatable bonds is 16. The average Bonchev–Trinajstić information content (AvgIpc) is 2.89. The zero-order valence-corrected chi connectivity index (χ0v) is 20.8. The summed E-state index contributed by atoms with van der Waals surface area (Å²) in [6.07, 6.45) is 6.00. The fraction of sp³-hybridized carbons (Fsp3) is 0.625. The molecule has 1 aromatic heterocycles. The lowest BCUT2D eigenvalue weighted by Crippen LogP contribution is -2.24. The van der Waals surface area contributed by atoms with E-state index in [4.69, 9.17) is 24.7 Å². The van der Waals surface area contributed by atoms with Crippen molar-refractivity contribution in [3.8, 4) is 11.5 Å². The molecule has 1 saturated carbocycles. The molecule has 0 amide bonds. The van der Waals surface area contributed by atoms with E-state index in [1.165, 1.54) is 19.3 Å². The fourth-order valence-electron chi connectivity index (χ4n) is 3.84. The predicted molar refractivity (Wildman–Crippen MR) is 136 cm³/mol. The summed E-state index contributed by atoms with van der Waals surface area (Å²) in [5.41, 5.74) is 6.42. The Morgan fingerprint density at radius 1 is 0.829 bits per heavy atom. The topological polar surface area (TPSA) is 138 Å². The summed E-state index contributed by atoms with van der Waals surface area (Å²) in [6, 6.07) is 6.18. The van der Waals surface area contributed by atoms with Crippen molar-refractivity contribution >= 4 is 17.8 Å². The van der Waals surface area contributed by atoms with Crippen molar-refractivity contribution in [3.05, 3.63) is 23.8 Å². The van der Waals surface area contributed by atoms with Crippen molar-refractivity contribution < 1.29 is 18.9 Å². The molecule has 0 saturated heterocycles. The number of benzene rings is 1. The molecular weight excluding hydrogens is 450 g/mol. The first-order valence-electron chi connectivity index (χ1n) is 12.3. The minimum Gasteiger partial charge on any atom is -0.493 e. The van der Waals surface area contributed by atoms with Gasteiger partial charge in [0.25, 0.3) is 0 Å². The first kappa shape index (κ1) is 26.7. The number of nitrogens with two attached hydrogens (primary N) is 1. The van der Waals surface area contributed by atoms with E-state index >= 15 is 0 Å². The fourth-order valence-corrected chi connectivity index (χ4v) is 3.84. The zero-order valence-electron chi connectivity index (χ0n) is 20.8. The highest BCUT2D eigenvalue weighted by molar-refractivity contribution is 5.46. The third-order valence-corrected chi connectivity index (χ3v) is 5.64. The predicted octanol–water partition coefficient (Wildman–Crippen LogP) is 2.65. The first-order valence-corrected chi connectivity index (χ1v) is 12.3. The molecule has 0 bridgehead atoms. The van der Waals surface area contributed by atoms with Gasteiger partial charge in [-0.3, -0.25) is 0 Å². The van der Waals surface area contributed by atoms with Crippen molar-refractivity contribution in [1.29, 1.82) is 0 Å². The molecule has 194 valence electrons. The molecule has 0 spiro atoms. The van der Waals surface area contributed by atoms with Gasteiger partial charge in [-0.05, 0) is 30.5 Å². The normalized spacial score (nSPS) is 13.9. The van der Waals surface area contributed by atoms with E-state index in [1.807, 2.05) is 18.2 Å². The summed E-state index contributed by atoms with van der Waals surface area (Å²) in [5, 5.41) is 10.0. The van der Waals surface area contributed by atoms with Gasteiger partial charge < -0.3 is 40.6 Å². The second kappa shape index (κ2) is 15.2. The Balaban J connectivity index is 1.59. The van der Waals surface area contributed by atoms with Gasteiger partial charge in [0.1, 0.15) is 0 Å². The van der Waals surface area contributed by atoms with E-state index in [2.05, 4.69) is 30.9 Å². The zero-order chi connectivity index (χ0) is 24.7. The van der Waals surface area contributed by atoms with Crippen molar-refractivity contribution in [3.63, 3.8) is 0 Å². The minimum atomic E-state index is 0.384. The largest absolute Gasteiger partial charge is 0.493 e. The third kappa shape index (κ3) is 9.35. The maximum Gasteiger partial charge on any atom is 0.229 e. The van der Waals surface area contributed by atoms with E-state index < -0.39 is 0 Å². The highest BCUT2D eigenvalue weighted by atomic mass is 16.5. The second-order valence-electron chi connectivity index (χ2n) is 8.27. The molecule has 0 atom stereocenters. The van der Waals surface area contributed by atoms with E-state index in [9.17, 15) is 0 Å². The molecule has 1 aliphatic rings. The van der Waals surface area contributed by atoms with Crippen LogP contribution in [-0.4, -0.2) is 74.7 Å². The Morgan fingerprint density at radius 2 is 1.51 bits per heavy atom. The van der Waals surface area contributed by atoms with Gasteiger partial charge in [0, 0.05) is 25.7 Å². The Hall–Kier alpha value is -2.89. The summed E-state index contributed by atoms with van der Waals surface area (Å²) in [6.45, 7) is 3.71. The summed E-state index contributed by atoms with van der Waals surface area (Å²) in [7, 11) is 3.25. The molecule has 0 aliphatic heterocycles. The number of hydrogen-bond donors (Lipinski definition) is 4. The van der Waals surface area contributed by atoms with Gasteiger partial charge in [0.15, 0.2) is 11.5 Å². The second-order valence-corrected chi connectivity index (χ2v) is 8.27. The van der Waals surface area contributed by atoms with E-state index in [-0.39, 0.29) is 0 Å². The monoisotopic (exact) mass is 489 g/mol. The van der Waals surface area contributed by atoms with Gasteiger partial charge in [-0.25, -0.2) is 0 Å². The van der Waals surface area contributed by atoms with Gasteiger partial charge >= 0.3 is 0 Å². The van der Waals surface area contributed by atoms with Crippen LogP contribution in [0.15, 0.2) is 18.2 Å². The van der Waals surface area contributed by atoms with Crippen LogP contribution in [0.1, 0.15) is 37.7 Å². The van der Waals surface area contributed by atoms with Crippen molar-refractivity contribution in [2.24, 2.45) is 5.73 Å². The average molecular weight is 490 g/mol. The quantitative estimate of drug-likeness (QED) is 0.259. The summed E-state index contributed by atoms with van der Waals surface area (Å²) < 4.78 is 21.6. The summed E-state index contributed by atoms with van der Waals surface area (Å²) >= 11 is 0. The number of ether oxygens (including phenoxy) is 4. The Kier molecular flexibility index (Phi) is 11.6. The van der Waals surface area contributed by atoms with Crippen LogP contribution in [0.2, 0.25) is 0 Å². The van der Waals surface area contributed by atoms with Crippen LogP contribution in [0, 0.1) is 0 Å². The van der Waals surface area contributed by atoms with Gasteiger partial charge in [-0.2, -0.15) is 15.0 Å². The highest BCUT2D eigenvalue weighted by Gasteiger charge is 2.16. The van der Waals surface area contributed by atoms with Crippen LogP contribution < -0.4 is 31.2 Å². The highest BCUT2D eigenvalue weighted by Crippen LogP contribution is 2.28. The molecule has 35 heavy (non-hydrogen) atoms. The van der Waals surface area contributed by atoms with Crippen molar-refractivity contribution in [2.75, 3.05) is 69.7 Å². The molecule has 5 N–H and O–H groups in total. The number of nitrogens with one attached hydrogen (secondary N) is 3. The lowest BCUT2D eigenvalue weighted by atomic mass is 9.96. The smallest absolute Gasteiger partial charge is 0.229 e. The molecular formula is C24H39N7O4. The summed E-state index contributed by atoms with van der Waals surface area (Å²) in [4.78, 5) is 13.7.